The lowest BCUT2D eigenvalue weighted by Crippen LogP contribution is -2.47. The normalized spacial score (nSPS) is 11.4. The minimum Gasteiger partial charge on any atom is -0.457 e. The Morgan fingerprint density at radius 3 is 2.08 bits per heavy atom. The van der Waals surface area contributed by atoms with Crippen molar-refractivity contribution in [2.24, 2.45) is 0 Å². The smallest absolute Gasteiger partial charge is 0.249 e. The molecule has 4 aromatic carbocycles. The molecule has 0 saturated carbocycles. The highest BCUT2D eigenvalue weighted by Gasteiger charge is 2.22. The summed E-state index contributed by atoms with van der Waals surface area (Å²) in [5.74, 6) is 0.775. The Morgan fingerprint density at radius 2 is 1.38 bits per heavy atom. The number of aryl methyl sites for hydroxylation is 1. The summed E-state index contributed by atoms with van der Waals surface area (Å²) >= 11 is 0. The third-order valence-corrected chi connectivity index (χ3v) is 5.76. The van der Waals surface area contributed by atoms with Crippen molar-refractivity contribution in [3.8, 4) is 11.5 Å². The molecule has 0 aliphatic heterocycles. The molecule has 37 heavy (non-hydrogen) atoms. The van der Waals surface area contributed by atoms with Crippen LogP contribution in [0.4, 0.5) is 5.69 Å². The van der Waals surface area contributed by atoms with Crippen LogP contribution >= 0.6 is 0 Å². The molecule has 2 N–H and O–H groups in total. The molecule has 6 nitrogen and oxygen atoms in total. The van der Waals surface area contributed by atoms with Crippen molar-refractivity contribution in [3.05, 3.63) is 126 Å². The predicted molar refractivity (Wildman–Crippen MR) is 144 cm³/mol. The van der Waals surface area contributed by atoms with Gasteiger partial charge < -0.3 is 20.1 Å². The number of hydrogen-bond donors (Lipinski definition) is 2. The molecule has 0 aliphatic rings. The molecule has 2 amide bonds. The summed E-state index contributed by atoms with van der Waals surface area (Å²) in [6.45, 7) is 2.33. The molecule has 0 aromatic heterocycles. The van der Waals surface area contributed by atoms with Crippen LogP contribution in [-0.2, 0) is 27.4 Å². The van der Waals surface area contributed by atoms with Gasteiger partial charge in [0.05, 0.1) is 19.6 Å². The molecule has 0 spiro atoms. The van der Waals surface area contributed by atoms with Crippen molar-refractivity contribution in [1.82, 2.24) is 5.32 Å². The first kappa shape index (κ1) is 25.7. The number of rotatable bonds is 11. The second-order valence-electron chi connectivity index (χ2n) is 8.65. The first-order chi connectivity index (χ1) is 18.1. The molecule has 6 heteroatoms. The van der Waals surface area contributed by atoms with Crippen molar-refractivity contribution in [1.29, 1.82) is 0 Å². The quantitative estimate of drug-likeness (QED) is 0.282. The molecule has 188 valence electrons. The Bertz CT molecular complexity index is 1290. The van der Waals surface area contributed by atoms with Crippen LogP contribution in [0.25, 0.3) is 0 Å². The van der Waals surface area contributed by atoms with Gasteiger partial charge in [0.25, 0.3) is 0 Å². The van der Waals surface area contributed by atoms with Crippen LogP contribution < -0.4 is 15.4 Å². The van der Waals surface area contributed by atoms with Crippen LogP contribution in [0.2, 0.25) is 0 Å². The maximum absolute atomic E-state index is 13.1. The summed E-state index contributed by atoms with van der Waals surface area (Å²) in [7, 11) is 0. The number of anilines is 1. The van der Waals surface area contributed by atoms with E-state index in [-0.39, 0.29) is 24.8 Å². The first-order valence-electron chi connectivity index (χ1n) is 12.2. The molecule has 0 heterocycles. The molecule has 1 atom stereocenters. The zero-order valence-electron chi connectivity index (χ0n) is 20.7. The summed E-state index contributed by atoms with van der Waals surface area (Å²) in [6, 6.07) is 33.1. The van der Waals surface area contributed by atoms with Gasteiger partial charge in [0.1, 0.15) is 17.5 Å². The average molecular weight is 495 g/mol. The van der Waals surface area contributed by atoms with E-state index >= 15 is 0 Å². The SMILES string of the molecule is Cc1ccccc1CC(=O)NC(COCc1ccccc1)C(=O)Nc1ccc(Oc2ccccc2)cc1. The highest BCUT2D eigenvalue weighted by atomic mass is 16.5. The van der Waals surface area contributed by atoms with E-state index in [2.05, 4.69) is 10.6 Å². The first-order valence-corrected chi connectivity index (χ1v) is 12.2. The standard InChI is InChI=1S/C31H30N2O4/c1-23-10-8-9-13-25(23)20-30(34)33-29(22-36-21-24-11-4-2-5-12-24)31(35)32-26-16-18-28(19-17-26)37-27-14-6-3-7-15-27/h2-19,29H,20-22H2,1H3,(H,32,35)(H,33,34). The Hall–Kier alpha value is -4.42. The fraction of sp³-hybridized carbons (Fsp3) is 0.161. The summed E-state index contributed by atoms with van der Waals surface area (Å²) in [6.07, 6.45) is 0.181. The Morgan fingerprint density at radius 1 is 0.757 bits per heavy atom. The Labute approximate surface area is 217 Å². The third kappa shape index (κ3) is 8.05. The number of amides is 2. The lowest BCUT2D eigenvalue weighted by Gasteiger charge is -2.19. The van der Waals surface area contributed by atoms with Crippen molar-refractivity contribution in [3.63, 3.8) is 0 Å². The molecule has 0 aliphatic carbocycles. The highest BCUT2D eigenvalue weighted by Crippen LogP contribution is 2.22. The van der Waals surface area contributed by atoms with Gasteiger partial charge in [-0.3, -0.25) is 9.59 Å². The lowest BCUT2D eigenvalue weighted by atomic mass is 10.1. The summed E-state index contributed by atoms with van der Waals surface area (Å²) in [4.78, 5) is 26.0. The van der Waals surface area contributed by atoms with E-state index in [9.17, 15) is 9.59 Å². The monoisotopic (exact) mass is 494 g/mol. The number of ether oxygens (including phenoxy) is 2. The maximum Gasteiger partial charge on any atom is 0.249 e. The van der Waals surface area contributed by atoms with E-state index in [0.29, 0.717) is 18.0 Å². The van der Waals surface area contributed by atoms with Crippen molar-refractivity contribution in [2.75, 3.05) is 11.9 Å². The summed E-state index contributed by atoms with van der Waals surface area (Å²) < 4.78 is 11.6. The van der Waals surface area contributed by atoms with Crippen LogP contribution in [0.15, 0.2) is 109 Å². The van der Waals surface area contributed by atoms with Crippen molar-refractivity contribution >= 4 is 17.5 Å². The van der Waals surface area contributed by atoms with Gasteiger partial charge in [-0.15, -0.1) is 0 Å². The Balaban J connectivity index is 1.39. The minimum atomic E-state index is -0.861. The van der Waals surface area contributed by atoms with Gasteiger partial charge in [-0.2, -0.15) is 0 Å². The fourth-order valence-electron chi connectivity index (χ4n) is 3.74. The number of hydrogen-bond acceptors (Lipinski definition) is 4. The topological polar surface area (TPSA) is 76.7 Å². The van der Waals surface area contributed by atoms with Gasteiger partial charge in [-0.1, -0.05) is 72.8 Å². The molecule has 0 bridgehead atoms. The largest absolute Gasteiger partial charge is 0.457 e. The minimum absolute atomic E-state index is 0.0371. The van der Waals surface area contributed by atoms with Gasteiger partial charge in [0, 0.05) is 5.69 Å². The average Bonchev–Trinajstić information content (AvgIpc) is 2.92. The molecular weight excluding hydrogens is 464 g/mol. The lowest BCUT2D eigenvalue weighted by molar-refractivity contribution is -0.127. The van der Waals surface area contributed by atoms with Crippen LogP contribution in [0.3, 0.4) is 0 Å². The van der Waals surface area contributed by atoms with Gasteiger partial charge in [-0.25, -0.2) is 0 Å². The summed E-state index contributed by atoms with van der Waals surface area (Å²) in [5.41, 5.74) is 3.52. The van der Waals surface area contributed by atoms with Crippen LogP contribution in [0.1, 0.15) is 16.7 Å². The van der Waals surface area contributed by atoms with Crippen LogP contribution in [0, 0.1) is 6.92 Å². The van der Waals surface area contributed by atoms with E-state index in [1.807, 2.05) is 91.9 Å². The zero-order chi connectivity index (χ0) is 25.9. The van der Waals surface area contributed by atoms with E-state index in [1.165, 1.54) is 0 Å². The van der Waals surface area contributed by atoms with Gasteiger partial charge in [-0.05, 0) is 60.0 Å². The number of benzene rings is 4. The van der Waals surface area contributed by atoms with E-state index in [1.54, 1.807) is 24.3 Å². The van der Waals surface area contributed by atoms with Gasteiger partial charge >= 0.3 is 0 Å². The number of carbonyl (C=O) groups excluding carboxylic acids is 2. The fourth-order valence-corrected chi connectivity index (χ4v) is 3.74. The maximum atomic E-state index is 13.1. The van der Waals surface area contributed by atoms with Gasteiger partial charge in [0.2, 0.25) is 11.8 Å². The van der Waals surface area contributed by atoms with Crippen LogP contribution in [-0.4, -0.2) is 24.5 Å². The van der Waals surface area contributed by atoms with Crippen LogP contribution in [0.5, 0.6) is 11.5 Å². The molecule has 4 rings (SSSR count). The van der Waals surface area contributed by atoms with E-state index < -0.39 is 6.04 Å². The zero-order valence-corrected chi connectivity index (χ0v) is 20.7. The molecule has 0 radical (unpaired) electrons. The molecule has 0 fully saturated rings. The number of carbonyl (C=O) groups is 2. The number of para-hydroxylation sites is 1. The second-order valence-corrected chi connectivity index (χ2v) is 8.65. The summed E-state index contributed by atoms with van der Waals surface area (Å²) in [5, 5.41) is 5.72. The third-order valence-electron chi connectivity index (χ3n) is 5.76. The number of nitrogens with one attached hydrogen (secondary N) is 2. The van der Waals surface area contributed by atoms with Crippen molar-refractivity contribution in [2.45, 2.75) is 26.0 Å². The van der Waals surface area contributed by atoms with Gasteiger partial charge in [0.15, 0.2) is 0 Å². The van der Waals surface area contributed by atoms with Crippen molar-refractivity contribution < 1.29 is 19.1 Å². The molecule has 1 unspecified atom stereocenters. The molecule has 0 saturated heterocycles. The Kier molecular flexibility index (Phi) is 9.05. The highest BCUT2D eigenvalue weighted by molar-refractivity contribution is 5.97. The molecule has 4 aromatic rings. The second kappa shape index (κ2) is 13.0. The van der Waals surface area contributed by atoms with E-state index in [4.69, 9.17) is 9.47 Å². The predicted octanol–water partition coefficient (Wildman–Crippen LogP) is 5.67. The molecular formula is C31H30N2O4. The van der Waals surface area contributed by atoms with E-state index in [0.717, 1.165) is 22.4 Å².